The highest BCUT2D eigenvalue weighted by molar-refractivity contribution is 9.10. The Hall–Kier alpha value is -2.68. The zero-order chi connectivity index (χ0) is 18.8. The fourth-order valence-corrected chi connectivity index (χ4v) is 3.92. The number of nitrogens with zero attached hydrogens (tertiary/aromatic N) is 5. The number of carbonyl (C=O) groups excluding carboxylic acids is 1. The number of rotatable bonds is 3. The number of fused-ring (bicyclic) bond motifs is 1. The second-order valence-corrected chi connectivity index (χ2v) is 7.24. The first kappa shape index (κ1) is 17.7. The lowest BCUT2D eigenvalue weighted by Gasteiger charge is -2.31. The van der Waals surface area contributed by atoms with Gasteiger partial charge in [-0.1, -0.05) is 30.3 Å². The number of benzene rings is 1. The normalized spacial score (nSPS) is 17.2. The van der Waals surface area contributed by atoms with Gasteiger partial charge in [0.1, 0.15) is 28.9 Å². The van der Waals surface area contributed by atoms with Crippen molar-refractivity contribution in [2.24, 2.45) is 0 Å². The van der Waals surface area contributed by atoms with Gasteiger partial charge in [-0.25, -0.2) is 19.3 Å². The van der Waals surface area contributed by atoms with Crippen molar-refractivity contribution in [3.05, 3.63) is 52.7 Å². The molecular weight excluding hydrogens is 412 g/mol. The second kappa shape index (κ2) is 7.51. The van der Waals surface area contributed by atoms with Crippen LogP contribution < -0.4 is 5.73 Å². The summed E-state index contributed by atoms with van der Waals surface area (Å²) in [6, 6.07) is 9.66. The van der Waals surface area contributed by atoms with E-state index in [-0.39, 0.29) is 18.6 Å². The molecule has 1 fully saturated rings. The summed E-state index contributed by atoms with van der Waals surface area (Å²) < 4.78 is 7.78. The van der Waals surface area contributed by atoms with E-state index < -0.39 is 0 Å². The van der Waals surface area contributed by atoms with Crippen LogP contribution >= 0.6 is 15.9 Å². The van der Waals surface area contributed by atoms with Crippen molar-refractivity contribution in [3.8, 4) is 0 Å². The smallest absolute Gasteiger partial charge is 0.410 e. The van der Waals surface area contributed by atoms with E-state index in [0.717, 1.165) is 24.2 Å². The van der Waals surface area contributed by atoms with Crippen LogP contribution in [0.3, 0.4) is 0 Å². The molecule has 3 heterocycles. The molecule has 3 aromatic rings. The summed E-state index contributed by atoms with van der Waals surface area (Å²) in [7, 11) is 0. The lowest BCUT2D eigenvalue weighted by atomic mass is 9.98. The Morgan fingerprint density at radius 3 is 2.96 bits per heavy atom. The minimum atomic E-state index is -0.308. The minimum absolute atomic E-state index is 0.0520. The molecule has 0 spiro atoms. The number of likely N-dealkylation sites (tertiary alicyclic amines) is 1. The average molecular weight is 431 g/mol. The van der Waals surface area contributed by atoms with Crippen LogP contribution in [0.2, 0.25) is 0 Å². The molecule has 1 aromatic carbocycles. The first-order chi connectivity index (χ1) is 13.1. The number of aromatic nitrogens is 4. The maximum absolute atomic E-state index is 12.5. The number of amides is 1. The number of nitrogens with two attached hydrogens (primary N) is 1. The summed E-state index contributed by atoms with van der Waals surface area (Å²) in [6.45, 7) is 1.47. The van der Waals surface area contributed by atoms with E-state index in [1.165, 1.54) is 6.33 Å². The highest BCUT2D eigenvalue weighted by Gasteiger charge is 2.30. The van der Waals surface area contributed by atoms with Gasteiger partial charge >= 0.3 is 6.09 Å². The Balaban J connectivity index is 1.48. The van der Waals surface area contributed by atoms with Crippen LogP contribution in [0.25, 0.3) is 5.52 Å². The molecule has 2 N–H and O–H groups in total. The van der Waals surface area contributed by atoms with Crippen molar-refractivity contribution >= 4 is 33.4 Å². The molecule has 1 atom stereocenters. The molecule has 9 heteroatoms. The van der Waals surface area contributed by atoms with Crippen LogP contribution in [-0.4, -0.2) is 43.7 Å². The van der Waals surface area contributed by atoms with Crippen LogP contribution in [0, 0.1) is 0 Å². The van der Waals surface area contributed by atoms with Gasteiger partial charge in [-0.15, -0.1) is 0 Å². The van der Waals surface area contributed by atoms with E-state index in [0.29, 0.717) is 29.0 Å². The molecule has 140 valence electrons. The number of anilines is 1. The Kier molecular flexibility index (Phi) is 4.93. The maximum atomic E-state index is 12.5. The molecule has 8 nitrogen and oxygen atoms in total. The van der Waals surface area contributed by atoms with Crippen LogP contribution in [0.5, 0.6) is 0 Å². The molecule has 1 amide bonds. The molecule has 27 heavy (non-hydrogen) atoms. The highest BCUT2D eigenvalue weighted by Crippen LogP contribution is 2.31. The van der Waals surface area contributed by atoms with Crippen molar-refractivity contribution in [2.75, 3.05) is 18.8 Å². The van der Waals surface area contributed by atoms with Gasteiger partial charge in [0.05, 0.1) is 0 Å². The van der Waals surface area contributed by atoms with Gasteiger partial charge in [0.15, 0.2) is 5.82 Å². The molecule has 2 aromatic heterocycles. The molecule has 0 radical (unpaired) electrons. The first-order valence-electron chi connectivity index (χ1n) is 8.73. The summed E-state index contributed by atoms with van der Waals surface area (Å²) in [5.41, 5.74) is 7.56. The van der Waals surface area contributed by atoms with E-state index >= 15 is 0 Å². The maximum Gasteiger partial charge on any atom is 0.410 e. The third-order valence-electron chi connectivity index (χ3n) is 4.69. The van der Waals surface area contributed by atoms with Gasteiger partial charge in [-0.2, -0.15) is 5.10 Å². The number of piperidine rings is 1. The second-order valence-electron chi connectivity index (χ2n) is 6.49. The number of hydrogen-bond donors (Lipinski definition) is 1. The van der Waals surface area contributed by atoms with Gasteiger partial charge in [-0.3, -0.25) is 0 Å². The first-order valence-corrected chi connectivity index (χ1v) is 9.53. The molecule has 1 aliphatic rings. The van der Waals surface area contributed by atoms with Crippen molar-refractivity contribution < 1.29 is 9.53 Å². The van der Waals surface area contributed by atoms with Crippen molar-refractivity contribution in [2.45, 2.75) is 25.4 Å². The average Bonchev–Trinajstić information content (AvgIpc) is 3.05. The Bertz CT molecular complexity index is 961. The monoisotopic (exact) mass is 430 g/mol. The summed E-state index contributed by atoms with van der Waals surface area (Å²) in [4.78, 5) is 22.8. The minimum Gasteiger partial charge on any atom is -0.445 e. The number of imidazole rings is 1. The number of hydrogen-bond acceptors (Lipinski definition) is 6. The third-order valence-corrected chi connectivity index (χ3v) is 5.25. The Labute approximate surface area is 164 Å². The van der Waals surface area contributed by atoms with E-state index in [4.69, 9.17) is 10.5 Å². The molecule has 0 aliphatic carbocycles. The summed E-state index contributed by atoms with van der Waals surface area (Å²) in [5.74, 6) is 1.19. The van der Waals surface area contributed by atoms with Crippen LogP contribution in [0.15, 0.2) is 41.3 Å². The molecule has 4 rings (SSSR count). The largest absolute Gasteiger partial charge is 0.445 e. The van der Waals surface area contributed by atoms with E-state index in [1.807, 2.05) is 30.3 Å². The molecule has 0 bridgehead atoms. The van der Waals surface area contributed by atoms with Crippen LogP contribution in [0.1, 0.15) is 30.1 Å². The quantitative estimate of drug-likeness (QED) is 0.685. The Morgan fingerprint density at radius 2 is 2.15 bits per heavy atom. The van der Waals surface area contributed by atoms with Crippen LogP contribution in [0.4, 0.5) is 10.6 Å². The fraction of sp³-hybridized carbons (Fsp3) is 0.333. The third kappa shape index (κ3) is 3.59. The Morgan fingerprint density at radius 1 is 1.33 bits per heavy atom. The van der Waals surface area contributed by atoms with Gasteiger partial charge in [0, 0.05) is 19.0 Å². The predicted molar refractivity (Wildman–Crippen MR) is 103 cm³/mol. The number of ether oxygens (including phenoxy) is 1. The SMILES string of the molecule is Nc1ncnn2c(C3CCCN(C(=O)OCc4ccccc4)C3)nc(Br)c12. The molecule has 1 saturated heterocycles. The lowest BCUT2D eigenvalue weighted by molar-refractivity contribution is 0.0852. The fourth-order valence-electron chi connectivity index (χ4n) is 3.36. The van der Waals surface area contributed by atoms with Gasteiger partial charge < -0.3 is 15.4 Å². The van der Waals surface area contributed by atoms with Gasteiger partial charge in [0.25, 0.3) is 0 Å². The van der Waals surface area contributed by atoms with E-state index in [9.17, 15) is 4.79 Å². The topological polar surface area (TPSA) is 98.6 Å². The predicted octanol–water partition coefficient (Wildman–Crippen LogP) is 2.99. The molecule has 1 aliphatic heterocycles. The molecular formula is C18H19BrN6O2. The van der Waals surface area contributed by atoms with Gasteiger partial charge in [0.2, 0.25) is 0 Å². The van der Waals surface area contributed by atoms with E-state index in [1.54, 1.807) is 9.42 Å². The van der Waals surface area contributed by atoms with Crippen molar-refractivity contribution in [1.29, 1.82) is 0 Å². The van der Waals surface area contributed by atoms with Gasteiger partial charge in [-0.05, 0) is 34.3 Å². The summed E-state index contributed by atoms with van der Waals surface area (Å²) in [5, 5.41) is 4.28. The number of carbonyl (C=O) groups is 1. The van der Waals surface area contributed by atoms with E-state index in [2.05, 4.69) is 31.0 Å². The standard InChI is InChI=1S/C18H19BrN6O2/c19-15-14-16(20)21-11-22-25(14)17(23-15)13-7-4-8-24(9-13)18(26)27-10-12-5-2-1-3-6-12/h1-3,5-6,11,13H,4,7-10H2,(H2,20,21,22). The zero-order valence-electron chi connectivity index (χ0n) is 14.6. The van der Waals surface area contributed by atoms with Crippen LogP contribution in [-0.2, 0) is 11.3 Å². The number of halogens is 1. The summed E-state index contributed by atoms with van der Waals surface area (Å²) >= 11 is 3.43. The molecule has 0 saturated carbocycles. The lowest BCUT2D eigenvalue weighted by Crippen LogP contribution is -2.39. The highest BCUT2D eigenvalue weighted by atomic mass is 79.9. The zero-order valence-corrected chi connectivity index (χ0v) is 16.2. The van der Waals surface area contributed by atoms with Crippen molar-refractivity contribution in [1.82, 2.24) is 24.5 Å². The summed E-state index contributed by atoms with van der Waals surface area (Å²) in [6.07, 6.45) is 2.89. The van der Waals surface area contributed by atoms with Crippen molar-refractivity contribution in [3.63, 3.8) is 0 Å². The molecule has 1 unspecified atom stereocenters. The number of nitrogen functional groups attached to an aromatic ring is 1.